The van der Waals surface area contributed by atoms with Gasteiger partial charge in [0.2, 0.25) is 11.4 Å². The van der Waals surface area contributed by atoms with Crippen molar-refractivity contribution in [3.8, 4) is 0 Å². The standard InChI is InChI=1S/C25H27ClF4N4O4S2/c1-31(18-13-14-32(15-18)21-12-11-17-7-5-6-10-20(17)21)24(16-39-23(27)33(24)26)34(38-22(35)25(28,29)30)40(36,37)19-8-3-2-4-9-19/h2-10,18,21,23H,11-16H2,1H3/t18-,21-,23?,24?/m0/s1. The highest BCUT2D eigenvalue weighted by atomic mass is 35.5. The third-order valence-electron chi connectivity index (χ3n) is 7.73. The van der Waals surface area contributed by atoms with Gasteiger partial charge in [-0.3, -0.25) is 9.80 Å². The van der Waals surface area contributed by atoms with Gasteiger partial charge in [0.05, 0.1) is 4.90 Å². The molecule has 2 aliphatic heterocycles. The summed E-state index contributed by atoms with van der Waals surface area (Å²) in [4.78, 5) is 19.9. The van der Waals surface area contributed by atoms with Crippen molar-refractivity contribution in [3.05, 3.63) is 65.7 Å². The second-order valence-electron chi connectivity index (χ2n) is 9.91. The van der Waals surface area contributed by atoms with Crippen molar-refractivity contribution < 1.29 is 35.6 Å². The highest BCUT2D eigenvalue weighted by Gasteiger charge is 2.63. The number of hydroxylamine groups is 1. The lowest BCUT2D eigenvalue weighted by Gasteiger charge is -2.48. The van der Waals surface area contributed by atoms with E-state index in [4.69, 9.17) is 11.8 Å². The number of rotatable bonds is 7. The molecule has 8 nitrogen and oxygen atoms in total. The summed E-state index contributed by atoms with van der Waals surface area (Å²) in [5.74, 6) is -5.52. The van der Waals surface area contributed by atoms with Crippen LogP contribution in [0.4, 0.5) is 17.6 Å². The number of benzene rings is 2. The molecule has 3 aliphatic rings. The first kappa shape index (κ1) is 29.5. The summed E-state index contributed by atoms with van der Waals surface area (Å²) in [6.45, 7) is 1.03. The van der Waals surface area contributed by atoms with Gasteiger partial charge in [-0.1, -0.05) is 42.5 Å². The largest absolute Gasteiger partial charge is 0.492 e. The number of aryl methyl sites for hydroxylation is 1. The SMILES string of the molecule is CN([C@H]1CCN([C@H]2CCc3ccccc32)C1)C1(N(OC(=O)C(F)(F)F)S(=O)(=O)c2ccccc2)CSC(F)N1Cl. The minimum absolute atomic E-state index is 0.0712. The molecule has 2 unspecified atom stereocenters. The van der Waals surface area contributed by atoms with E-state index >= 15 is 4.39 Å². The maximum atomic E-state index is 15.0. The van der Waals surface area contributed by atoms with E-state index in [1.54, 1.807) is 0 Å². The molecular formula is C25H27ClF4N4O4S2. The molecule has 2 heterocycles. The van der Waals surface area contributed by atoms with Crippen LogP contribution in [0.3, 0.4) is 0 Å². The lowest BCUT2D eigenvalue weighted by atomic mass is 10.1. The lowest BCUT2D eigenvalue weighted by Crippen LogP contribution is -2.70. The molecule has 0 spiro atoms. The van der Waals surface area contributed by atoms with E-state index in [9.17, 15) is 26.4 Å². The number of likely N-dealkylation sites (tertiary alicyclic amines) is 1. The Labute approximate surface area is 238 Å². The average molecular weight is 623 g/mol. The number of thioether (sulfide) groups is 1. The van der Waals surface area contributed by atoms with Crippen molar-refractivity contribution in [2.45, 2.75) is 53.8 Å². The number of fused-ring (bicyclic) bond motifs is 1. The van der Waals surface area contributed by atoms with Gasteiger partial charge in [0.25, 0.3) is 10.0 Å². The third kappa shape index (κ3) is 5.12. The summed E-state index contributed by atoms with van der Waals surface area (Å²) in [6, 6.07) is 14.3. The molecule has 0 bridgehead atoms. The second kappa shape index (κ2) is 11.0. The molecule has 0 N–H and O–H groups in total. The highest BCUT2D eigenvalue weighted by Crippen LogP contribution is 2.48. The quantitative estimate of drug-likeness (QED) is 0.147. The Hall–Kier alpha value is -1.94. The number of hydrogen-bond donors (Lipinski definition) is 0. The molecule has 5 rings (SSSR count). The summed E-state index contributed by atoms with van der Waals surface area (Å²) >= 11 is 6.96. The summed E-state index contributed by atoms with van der Waals surface area (Å²) in [5.41, 5.74) is 0.452. The van der Waals surface area contributed by atoms with Crippen LogP contribution in [0, 0.1) is 0 Å². The molecule has 2 saturated heterocycles. The van der Waals surface area contributed by atoms with Crippen LogP contribution in [0.25, 0.3) is 0 Å². The second-order valence-corrected chi connectivity index (χ2v) is 13.0. The van der Waals surface area contributed by atoms with E-state index in [1.807, 2.05) is 12.1 Å². The van der Waals surface area contributed by atoms with Gasteiger partial charge in [0, 0.05) is 35.4 Å². The molecule has 2 fully saturated rings. The molecule has 4 atom stereocenters. The lowest BCUT2D eigenvalue weighted by molar-refractivity contribution is -0.263. The third-order valence-corrected chi connectivity index (χ3v) is 11.0. The Morgan fingerprint density at radius 1 is 1.12 bits per heavy atom. The molecule has 15 heteroatoms. The van der Waals surface area contributed by atoms with Gasteiger partial charge in [-0.05, 0) is 61.3 Å². The fraction of sp³-hybridized carbons (Fsp3) is 0.480. The molecule has 40 heavy (non-hydrogen) atoms. The maximum Gasteiger partial charge on any atom is 0.492 e. The van der Waals surface area contributed by atoms with Crippen LogP contribution in [-0.4, -0.2) is 82.6 Å². The Bertz CT molecular complexity index is 1360. The highest BCUT2D eigenvalue weighted by molar-refractivity contribution is 8.00. The average Bonchev–Trinajstić information content (AvgIpc) is 3.65. The van der Waals surface area contributed by atoms with E-state index in [2.05, 4.69) is 21.9 Å². The molecule has 0 aromatic heterocycles. The van der Waals surface area contributed by atoms with Crippen LogP contribution in [0.2, 0.25) is 0 Å². The molecule has 0 amide bonds. The Balaban J connectivity index is 1.52. The van der Waals surface area contributed by atoms with Gasteiger partial charge >= 0.3 is 12.1 Å². The topological polar surface area (TPSA) is 73.4 Å². The van der Waals surface area contributed by atoms with E-state index in [0.717, 1.165) is 25.0 Å². The predicted molar refractivity (Wildman–Crippen MR) is 141 cm³/mol. The number of hydrogen-bond acceptors (Lipinski definition) is 8. The van der Waals surface area contributed by atoms with Crippen molar-refractivity contribution in [1.82, 2.24) is 18.7 Å². The van der Waals surface area contributed by atoms with Gasteiger partial charge in [0.1, 0.15) is 0 Å². The van der Waals surface area contributed by atoms with Crippen LogP contribution in [0.5, 0.6) is 0 Å². The zero-order valence-electron chi connectivity index (χ0n) is 21.3. The summed E-state index contributed by atoms with van der Waals surface area (Å²) < 4.78 is 83.2. The molecule has 2 aromatic rings. The van der Waals surface area contributed by atoms with Crippen LogP contribution in [0.15, 0.2) is 59.5 Å². The molecule has 1 aliphatic carbocycles. The first-order valence-corrected chi connectivity index (χ1v) is 15.3. The van der Waals surface area contributed by atoms with Crippen LogP contribution in [0.1, 0.15) is 30.0 Å². The van der Waals surface area contributed by atoms with E-state index < -0.39 is 50.3 Å². The fourth-order valence-corrected chi connectivity index (χ4v) is 8.95. The summed E-state index contributed by atoms with van der Waals surface area (Å²) in [6.07, 6.45) is -3.23. The van der Waals surface area contributed by atoms with E-state index in [0.29, 0.717) is 35.7 Å². The zero-order valence-corrected chi connectivity index (χ0v) is 23.7. The molecular weight excluding hydrogens is 596 g/mol. The predicted octanol–water partition coefficient (Wildman–Crippen LogP) is 4.50. The minimum atomic E-state index is -5.53. The number of sulfonamides is 1. The van der Waals surface area contributed by atoms with Gasteiger partial charge in [-0.25, -0.2) is 17.6 Å². The summed E-state index contributed by atoms with van der Waals surface area (Å²) in [5, 5.41) is 0. The molecule has 0 saturated carbocycles. The number of alkyl halides is 4. The first-order valence-electron chi connectivity index (χ1n) is 12.5. The number of carbonyl (C=O) groups excluding carboxylic acids is 1. The van der Waals surface area contributed by atoms with Crippen molar-refractivity contribution in [2.75, 3.05) is 25.9 Å². The van der Waals surface area contributed by atoms with Gasteiger partial charge in [-0.2, -0.15) is 13.2 Å². The maximum absolute atomic E-state index is 15.0. The van der Waals surface area contributed by atoms with Crippen molar-refractivity contribution in [1.29, 1.82) is 0 Å². The van der Waals surface area contributed by atoms with Crippen LogP contribution in [-0.2, 0) is 26.1 Å². The Morgan fingerprint density at radius 2 is 1.80 bits per heavy atom. The first-order chi connectivity index (χ1) is 18.9. The van der Waals surface area contributed by atoms with Gasteiger partial charge in [0.15, 0.2) is 0 Å². The van der Waals surface area contributed by atoms with Crippen LogP contribution >= 0.6 is 23.5 Å². The normalized spacial score (nSPS) is 27.9. The number of likely N-dealkylation sites (N-methyl/N-ethyl adjacent to an activating group) is 1. The Kier molecular flexibility index (Phi) is 8.16. The summed E-state index contributed by atoms with van der Waals surface area (Å²) in [7, 11) is -3.51. The van der Waals surface area contributed by atoms with Gasteiger partial charge in [-0.15, -0.1) is 16.2 Å². The zero-order chi connectivity index (χ0) is 28.9. The minimum Gasteiger partial charge on any atom is -0.342 e. The Morgan fingerprint density at radius 3 is 2.45 bits per heavy atom. The molecule has 2 aromatic carbocycles. The molecule has 218 valence electrons. The van der Waals surface area contributed by atoms with Crippen molar-refractivity contribution in [3.63, 3.8) is 0 Å². The van der Waals surface area contributed by atoms with Gasteiger partial charge < -0.3 is 4.84 Å². The molecule has 0 radical (unpaired) electrons. The number of nitrogens with zero attached hydrogens (tertiary/aromatic N) is 4. The number of carbonyl (C=O) groups is 1. The monoisotopic (exact) mass is 622 g/mol. The van der Waals surface area contributed by atoms with Crippen molar-refractivity contribution >= 4 is 39.5 Å². The smallest absolute Gasteiger partial charge is 0.342 e. The van der Waals surface area contributed by atoms with E-state index in [1.165, 1.54) is 41.3 Å². The number of halogens is 5. The van der Waals surface area contributed by atoms with Crippen molar-refractivity contribution in [2.24, 2.45) is 0 Å². The fourth-order valence-electron chi connectivity index (χ4n) is 5.69. The van der Waals surface area contributed by atoms with E-state index in [-0.39, 0.29) is 10.5 Å². The van der Waals surface area contributed by atoms with Crippen LogP contribution < -0.4 is 0 Å².